The van der Waals surface area contributed by atoms with Crippen LogP contribution in [0.5, 0.6) is 0 Å². The third kappa shape index (κ3) is 5.15. The van der Waals surface area contributed by atoms with Gasteiger partial charge in [-0.3, -0.25) is 14.6 Å². The van der Waals surface area contributed by atoms with Crippen LogP contribution in [0.3, 0.4) is 0 Å². The van der Waals surface area contributed by atoms with Gasteiger partial charge < -0.3 is 5.32 Å². The molecule has 1 N–H and O–H groups in total. The van der Waals surface area contributed by atoms with Crippen molar-refractivity contribution >= 4 is 11.7 Å². The first-order chi connectivity index (χ1) is 12.7. The van der Waals surface area contributed by atoms with Crippen molar-refractivity contribution in [1.29, 1.82) is 0 Å². The van der Waals surface area contributed by atoms with Gasteiger partial charge in [0.2, 0.25) is 0 Å². The molecule has 4 nitrogen and oxygen atoms in total. The average Bonchev–Trinajstić information content (AvgIpc) is 3.44. The molecule has 0 spiro atoms. The number of carbonyl (C=O) groups is 2. The van der Waals surface area contributed by atoms with Crippen molar-refractivity contribution in [3.63, 3.8) is 0 Å². The molecule has 1 aromatic heterocycles. The normalized spacial score (nSPS) is 14.1. The van der Waals surface area contributed by atoms with E-state index in [9.17, 15) is 22.8 Å². The monoisotopic (exact) mass is 376 g/mol. The summed E-state index contributed by atoms with van der Waals surface area (Å²) in [6.45, 7) is 1.70. The predicted octanol–water partition coefficient (Wildman–Crippen LogP) is 3.86. The lowest BCUT2D eigenvalue weighted by atomic mass is 10.1. The van der Waals surface area contributed by atoms with Crippen LogP contribution in [0.25, 0.3) is 0 Å². The largest absolute Gasteiger partial charge is 0.416 e. The van der Waals surface area contributed by atoms with E-state index in [0.717, 1.165) is 25.0 Å². The number of hydrogen-bond acceptors (Lipinski definition) is 3. The maximum Gasteiger partial charge on any atom is 0.416 e. The van der Waals surface area contributed by atoms with Crippen molar-refractivity contribution in [2.75, 3.05) is 0 Å². The summed E-state index contributed by atoms with van der Waals surface area (Å²) < 4.78 is 38.3. The summed E-state index contributed by atoms with van der Waals surface area (Å²) in [5.74, 6) is -0.174. The summed E-state index contributed by atoms with van der Waals surface area (Å²) >= 11 is 0. The number of pyridine rings is 1. The number of Topliss-reactive ketones (excluding diaryl/α,β-unsaturated/α-hetero) is 1. The van der Waals surface area contributed by atoms with E-state index in [-0.39, 0.29) is 24.7 Å². The van der Waals surface area contributed by atoms with Gasteiger partial charge in [0.15, 0.2) is 0 Å². The molecule has 1 amide bonds. The number of halogens is 3. The molecule has 1 fully saturated rings. The van der Waals surface area contributed by atoms with E-state index < -0.39 is 17.6 Å². The van der Waals surface area contributed by atoms with Crippen LogP contribution < -0.4 is 5.32 Å². The van der Waals surface area contributed by atoms with Crippen LogP contribution in [0.1, 0.15) is 45.7 Å². The summed E-state index contributed by atoms with van der Waals surface area (Å²) in [5, 5.41) is 2.62. The van der Waals surface area contributed by atoms with Gasteiger partial charge in [-0.2, -0.15) is 13.2 Å². The second-order valence-electron chi connectivity index (χ2n) is 6.79. The van der Waals surface area contributed by atoms with Crippen molar-refractivity contribution in [2.24, 2.45) is 5.92 Å². The van der Waals surface area contributed by atoms with Crippen molar-refractivity contribution < 1.29 is 22.8 Å². The zero-order valence-electron chi connectivity index (χ0n) is 14.8. The summed E-state index contributed by atoms with van der Waals surface area (Å²) in [6.07, 6.45) is -2.41. The fraction of sp³-hybridized carbons (Fsp3) is 0.350. The van der Waals surface area contributed by atoms with E-state index in [2.05, 4.69) is 10.3 Å². The number of hydrogen-bond donors (Lipinski definition) is 1. The van der Waals surface area contributed by atoms with Crippen molar-refractivity contribution in [1.82, 2.24) is 10.3 Å². The SMILES string of the molecule is Cc1cc(C(=O)NCc2cccc(C(F)(F)F)c2)cc(CC(=O)C2CC2)n1. The minimum atomic E-state index is -4.43. The van der Waals surface area contributed by atoms with Gasteiger partial charge in [0.1, 0.15) is 5.78 Å². The standard InChI is InChI=1S/C20H19F3N2O2/c1-12-7-15(9-17(25-12)10-18(26)14-5-6-14)19(27)24-11-13-3-2-4-16(8-13)20(21,22)23/h2-4,7-9,14H,5-6,10-11H2,1H3,(H,24,27). The summed E-state index contributed by atoms with van der Waals surface area (Å²) in [4.78, 5) is 28.6. The zero-order valence-corrected chi connectivity index (χ0v) is 14.8. The maximum absolute atomic E-state index is 12.8. The molecule has 1 heterocycles. The van der Waals surface area contributed by atoms with Crippen molar-refractivity contribution in [3.05, 3.63) is 64.5 Å². The quantitative estimate of drug-likeness (QED) is 0.833. The molecule has 27 heavy (non-hydrogen) atoms. The Kier molecular flexibility index (Phi) is 5.30. The zero-order chi connectivity index (χ0) is 19.6. The molecule has 3 rings (SSSR count). The Balaban J connectivity index is 1.67. The van der Waals surface area contributed by atoms with Gasteiger partial charge in [-0.05, 0) is 49.6 Å². The molecule has 0 unspecified atom stereocenters. The lowest BCUT2D eigenvalue weighted by Crippen LogP contribution is -2.23. The first-order valence-corrected chi connectivity index (χ1v) is 8.67. The van der Waals surface area contributed by atoms with E-state index in [1.54, 1.807) is 19.1 Å². The van der Waals surface area contributed by atoms with Gasteiger partial charge >= 0.3 is 6.18 Å². The minimum Gasteiger partial charge on any atom is -0.348 e. The highest BCUT2D eigenvalue weighted by molar-refractivity contribution is 5.94. The molecule has 0 aliphatic heterocycles. The summed E-state index contributed by atoms with van der Waals surface area (Å²) in [7, 11) is 0. The maximum atomic E-state index is 12.8. The van der Waals surface area contributed by atoms with Crippen molar-refractivity contribution in [3.8, 4) is 0 Å². The third-order valence-electron chi connectivity index (χ3n) is 4.36. The lowest BCUT2D eigenvalue weighted by molar-refractivity contribution is -0.137. The Hall–Kier alpha value is -2.70. The van der Waals surface area contributed by atoms with Gasteiger partial charge in [-0.1, -0.05) is 12.1 Å². The number of amides is 1. The fourth-order valence-electron chi connectivity index (χ4n) is 2.83. The van der Waals surface area contributed by atoms with Crippen LogP contribution in [-0.4, -0.2) is 16.7 Å². The second-order valence-corrected chi connectivity index (χ2v) is 6.79. The molecule has 0 atom stereocenters. The number of ketones is 1. The van der Waals surface area contributed by atoms with E-state index in [1.807, 2.05) is 0 Å². The van der Waals surface area contributed by atoms with E-state index in [0.29, 0.717) is 22.5 Å². The highest BCUT2D eigenvalue weighted by Gasteiger charge is 2.30. The highest BCUT2D eigenvalue weighted by Crippen LogP contribution is 2.31. The molecule has 0 saturated heterocycles. The number of aryl methyl sites for hydroxylation is 1. The number of nitrogens with one attached hydrogen (secondary N) is 1. The van der Waals surface area contributed by atoms with E-state index >= 15 is 0 Å². The van der Waals surface area contributed by atoms with Gasteiger partial charge in [-0.15, -0.1) is 0 Å². The summed E-state index contributed by atoms with van der Waals surface area (Å²) in [6, 6.07) is 7.98. The average molecular weight is 376 g/mol. The van der Waals surface area contributed by atoms with Crippen LogP contribution in [0.15, 0.2) is 36.4 Å². The van der Waals surface area contributed by atoms with E-state index in [1.165, 1.54) is 12.1 Å². The predicted molar refractivity (Wildman–Crippen MR) is 93.0 cm³/mol. The van der Waals surface area contributed by atoms with Gasteiger partial charge in [0.25, 0.3) is 5.91 Å². The number of benzene rings is 1. The number of alkyl halides is 3. The third-order valence-corrected chi connectivity index (χ3v) is 4.36. The Morgan fingerprint density at radius 2 is 1.93 bits per heavy atom. The Bertz CT molecular complexity index is 874. The van der Waals surface area contributed by atoms with Gasteiger partial charge in [0.05, 0.1) is 5.56 Å². The molecule has 1 saturated carbocycles. The molecule has 1 aromatic carbocycles. The smallest absolute Gasteiger partial charge is 0.348 e. The Labute approximate surface area is 154 Å². The molecule has 0 radical (unpaired) electrons. The number of rotatable bonds is 6. The van der Waals surface area contributed by atoms with Crippen LogP contribution in [0.4, 0.5) is 13.2 Å². The topological polar surface area (TPSA) is 59.1 Å². The van der Waals surface area contributed by atoms with Gasteiger partial charge in [-0.25, -0.2) is 0 Å². The molecule has 2 aromatic rings. The Morgan fingerprint density at radius 3 is 2.59 bits per heavy atom. The first-order valence-electron chi connectivity index (χ1n) is 8.67. The molecular formula is C20H19F3N2O2. The minimum absolute atomic E-state index is 0.0273. The number of nitrogens with zero attached hydrogens (tertiary/aromatic N) is 1. The first kappa shape index (κ1) is 19.1. The van der Waals surface area contributed by atoms with Crippen LogP contribution in [0.2, 0.25) is 0 Å². The van der Waals surface area contributed by atoms with Crippen molar-refractivity contribution in [2.45, 2.75) is 38.9 Å². The van der Waals surface area contributed by atoms with E-state index in [4.69, 9.17) is 0 Å². The number of carbonyl (C=O) groups excluding carboxylic acids is 2. The second kappa shape index (κ2) is 7.50. The molecule has 1 aliphatic rings. The lowest BCUT2D eigenvalue weighted by Gasteiger charge is -2.10. The molecule has 142 valence electrons. The molecule has 1 aliphatic carbocycles. The molecule has 0 bridgehead atoms. The van der Waals surface area contributed by atoms with Gasteiger partial charge in [0, 0.05) is 35.8 Å². The van der Waals surface area contributed by atoms with Crippen LogP contribution in [-0.2, 0) is 23.9 Å². The van der Waals surface area contributed by atoms with Crippen LogP contribution in [0, 0.1) is 12.8 Å². The van der Waals surface area contributed by atoms with Crippen LogP contribution >= 0.6 is 0 Å². The highest BCUT2D eigenvalue weighted by atomic mass is 19.4. The molecule has 7 heteroatoms. The fourth-order valence-corrected chi connectivity index (χ4v) is 2.83. The number of aromatic nitrogens is 1. The molecular weight excluding hydrogens is 357 g/mol. The Morgan fingerprint density at radius 1 is 1.19 bits per heavy atom. The summed E-state index contributed by atoms with van der Waals surface area (Å²) in [5.41, 5.74) is 1.09.